The van der Waals surface area contributed by atoms with Crippen molar-refractivity contribution in [3.05, 3.63) is 29.8 Å². The van der Waals surface area contributed by atoms with Gasteiger partial charge in [-0.05, 0) is 62.9 Å². The molecule has 0 radical (unpaired) electrons. The SMILES string of the molecule is NCCCC[C@H](N)C(=O)OC(=O)[C@@H]1CCCN1.N[C@@H](Cc1ccc(O)cc1)C(=O)O. The third-order valence-corrected chi connectivity index (χ3v) is 4.53. The summed E-state index contributed by atoms with van der Waals surface area (Å²) in [6.07, 6.45) is 4.00. The number of aromatic hydroxyl groups is 1. The predicted molar refractivity (Wildman–Crippen MR) is 110 cm³/mol. The molecule has 1 fully saturated rings. The van der Waals surface area contributed by atoms with E-state index < -0.39 is 30.0 Å². The van der Waals surface area contributed by atoms with Gasteiger partial charge >= 0.3 is 17.9 Å². The van der Waals surface area contributed by atoms with Crippen molar-refractivity contribution in [1.82, 2.24) is 5.32 Å². The number of carboxylic acids is 1. The molecular weight excluding hydrogens is 392 g/mol. The molecule has 0 aliphatic carbocycles. The van der Waals surface area contributed by atoms with Crippen LogP contribution in [0.1, 0.15) is 37.7 Å². The Bertz CT molecular complexity index is 676. The highest BCUT2D eigenvalue weighted by molar-refractivity contribution is 5.90. The van der Waals surface area contributed by atoms with Crippen LogP contribution in [-0.4, -0.2) is 59.3 Å². The van der Waals surface area contributed by atoms with Crippen LogP contribution >= 0.6 is 0 Å². The second-order valence-electron chi connectivity index (χ2n) is 7.10. The van der Waals surface area contributed by atoms with E-state index in [4.69, 9.17) is 32.2 Å². The van der Waals surface area contributed by atoms with E-state index in [1.807, 2.05) is 0 Å². The van der Waals surface area contributed by atoms with Crippen molar-refractivity contribution in [2.45, 2.75) is 56.7 Å². The van der Waals surface area contributed by atoms with Crippen molar-refractivity contribution in [2.75, 3.05) is 13.1 Å². The summed E-state index contributed by atoms with van der Waals surface area (Å²) in [5.41, 5.74) is 17.1. The molecule has 1 saturated heterocycles. The molecule has 168 valence electrons. The molecule has 30 heavy (non-hydrogen) atoms. The smallest absolute Gasteiger partial charge is 0.330 e. The molecule has 1 heterocycles. The number of phenolic OH excluding ortho intramolecular Hbond substituents is 1. The van der Waals surface area contributed by atoms with Crippen LogP contribution in [0, 0.1) is 0 Å². The fraction of sp³-hybridized carbons (Fsp3) is 0.550. The molecule has 0 amide bonds. The van der Waals surface area contributed by atoms with E-state index >= 15 is 0 Å². The standard InChI is InChI=1S/C11H21N3O3.C9H11NO3/c12-6-2-1-4-8(13)10(15)17-11(16)9-5-3-7-14-9;10-8(9(12)13)5-6-1-3-7(11)4-2-6/h8-9,14H,1-7,12-13H2;1-4,8,11H,5,10H2,(H,12,13)/t8-,9-;8-/m00/s1. The second-order valence-corrected chi connectivity index (χ2v) is 7.10. The maximum Gasteiger partial charge on any atom is 0.330 e. The van der Waals surface area contributed by atoms with Gasteiger partial charge in [0.2, 0.25) is 0 Å². The lowest BCUT2D eigenvalue weighted by molar-refractivity contribution is -0.162. The van der Waals surface area contributed by atoms with Crippen LogP contribution in [0.4, 0.5) is 0 Å². The minimum absolute atomic E-state index is 0.160. The number of rotatable bonds is 9. The number of nitrogens with two attached hydrogens (primary N) is 3. The van der Waals surface area contributed by atoms with Crippen molar-refractivity contribution in [1.29, 1.82) is 0 Å². The monoisotopic (exact) mass is 424 g/mol. The first-order valence-corrected chi connectivity index (χ1v) is 9.95. The molecule has 0 bridgehead atoms. The van der Waals surface area contributed by atoms with Crippen molar-refractivity contribution >= 4 is 17.9 Å². The summed E-state index contributed by atoms with van der Waals surface area (Å²) in [6, 6.07) is 4.34. The number of carbonyl (C=O) groups is 3. The zero-order chi connectivity index (χ0) is 22.5. The summed E-state index contributed by atoms with van der Waals surface area (Å²) in [5, 5.41) is 20.4. The third-order valence-electron chi connectivity index (χ3n) is 4.53. The van der Waals surface area contributed by atoms with Crippen molar-refractivity contribution in [3.63, 3.8) is 0 Å². The lowest BCUT2D eigenvalue weighted by Crippen LogP contribution is -2.39. The van der Waals surface area contributed by atoms with Gasteiger partial charge in [0.05, 0.1) is 0 Å². The first kappa shape index (κ1) is 25.5. The van der Waals surface area contributed by atoms with Gasteiger partial charge in [0.25, 0.3) is 0 Å². The van der Waals surface area contributed by atoms with Crippen molar-refractivity contribution < 1.29 is 29.3 Å². The largest absolute Gasteiger partial charge is 0.508 e. The average Bonchev–Trinajstić information content (AvgIpc) is 3.25. The van der Waals surface area contributed by atoms with Crippen LogP contribution in [0.2, 0.25) is 0 Å². The second kappa shape index (κ2) is 13.6. The summed E-state index contributed by atoms with van der Waals surface area (Å²) in [6.45, 7) is 1.36. The zero-order valence-electron chi connectivity index (χ0n) is 17.0. The molecule has 0 spiro atoms. The minimum Gasteiger partial charge on any atom is -0.508 e. The normalized spacial score (nSPS) is 17.4. The number of ether oxygens (including phenoxy) is 1. The van der Waals surface area contributed by atoms with Crippen LogP contribution in [0.5, 0.6) is 5.75 Å². The summed E-state index contributed by atoms with van der Waals surface area (Å²) in [7, 11) is 0. The van der Waals surface area contributed by atoms with Gasteiger partial charge in [0.1, 0.15) is 23.9 Å². The lowest BCUT2D eigenvalue weighted by atomic mass is 10.1. The van der Waals surface area contributed by atoms with E-state index in [0.29, 0.717) is 19.4 Å². The summed E-state index contributed by atoms with van der Waals surface area (Å²) >= 11 is 0. The Hall–Kier alpha value is -2.53. The molecule has 2 rings (SSSR count). The van der Waals surface area contributed by atoms with Gasteiger partial charge in [0.15, 0.2) is 0 Å². The van der Waals surface area contributed by atoms with E-state index in [1.165, 1.54) is 12.1 Å². The number of esters is 2. The molecule has 0 aromatic heterocycles. The maximum atomic E-state index is 11.5. The molecule has 10 nitrogen and oxygen atoms in total. The zero-order valence-corrected chi connectivity index (χ0v) is 17.0. The van der Waals surface area contributed by atoms with Crippen molar-refractivity contribution in [3.8, 4) is 5.75 Å². The molecule has 1 aromatic carbocycles. The number of aliphatic carboxylic acids is 1. The topological polar surface area (TPSA) is 191 Å². The Balaban J connectivity index is 0.000000311. The molecule has 1 aliphatic rings. The molecule has 3 atom stereocenters. The Kier molecular flexibility index (Phi) is 11.6. The first-order chi connectivity index (χ1) is 14.2. The van der Waals surface area contributed by atoms with Gasteiger partial charge in [-0.2, -0.15) is 0 Å². The Morgan fingerprint density at radius 1 is 1.13 bits per heavy atom. The van der Waals surface area contributed by atoms with E-state index in [-0.39, 0.29) is 18.2 Å². The van der Waals surface area contributed by atoms with Crippen LogP contribution in [0.3, 0.4) is 0 Å². The molecule has 1 aromatic rings. The number of hydrogen-bond donors (Lipinski definition) is 6. The van der Waals surface area contributed by atoms with Crippen molar-refractivity contribution in [2.24, 2.45) is 17.2 Å². The summed E-state index contributed by atoms with van der Waals surface area (Å²) in [4.78, 5) is 33.4. The number of unbranched alkanes of at least 4 members (excludes halogenated alkanes) is 1. The fourth-order valence-electron chi connectivity index (χ4n) is 2.73. The molecular formula is C20H32N4O6. The van der Waals surface area contributed by atoms with Gasteiger partial charge < -0.3 is 37.5 Å². The predicted octanol–water partition coefficient (Wildman–Crippen LogP) is -0.389. The van der Waals surface area contributed by atoms with Gasteiger partial charge in [-0.15, -0.1) is 0 Å². The number of nitrogens with one attached hydrogen (secondary N) is 1. The van der Waals surface area contributed by atoms with Gasteiger partial charge in [0, 0.05) is 0 Å². The van der Waals surface area contributed by atoms with E-state index in [2.05, 4.69) is 5.32 Å². The Morgan fingerprint density at radius 3 is 2.33 bits per heavy atom. The first-order valence-electron chi connectivity index (χ1n) is 9.95. The summed E-state index contributed by atoms with van der Waals surface area (Å²) in [5.74, 6) is -2.01. The molecule has 1 aliphatic heterocycles. The number of hydrogen-bond acceptors (Lipinski definition) is 9. The highest BCUT2D eigenvalue weighted by Gasteiger charge is 2.27. The highest BCUT2D eigenvalue weighted by atomic mass is 16.6. The quantitative estimate of drug-likeness (QED) is 0.173. The average molecular weight is 424 g/mol. The van der Waals surface area contributed by atoms with Crippen LogP contribution in [-0.2, 0) is 25.5 Å². The number of carbonyl (C=O) groups excluding carboxylic acids is 2. The van der Waals surface area contributed by atoms with Crippen LogP contribution < -0.4 is 22.5 Å². The van der Waals surface area contributed by atoms with Gasteiger partial charge in [-0.1, -0.05) is 18.6 Å². The Morgan fingerprint density at radius 2 is 1.80 bits per heavy atom. The van der Waals surface area contributed by atoms with E-state index in [1.54, 1.807) is 12.1 Å². The van der Waals surface area contributed by atoms with E-state index in [9.17, 15) is 14.4 Å². The Labute approximate surface area is 175 Å². The summed E-state index contributed by atoms with van der Waals surface area (Å²) < 4.78 is 4.73. The van der Waals surface area contributed by atoms with E-state index in [0.717, 1.165) is 31.4 Å². The number of benzene rings is 1. The molecule has 10 heteroatoms. The molecule has 9 N–H and O–H groups in total. The highest BCUT2D eigenvalue weighted by Crippen LogP contribution is 2.11. The minimum atomic E-state index is -1.02. The molecule has 0 saturated carbocycles. The van der Waals surface area contributed by atoms with Gasteiger partial charge in [-0.25, -0.2) is 9.59 Å². The fourth-order valence-corrected chi connectivity index (χ4v) is 2.73. The van der Waals surface area contributed by atoms with Crippen LogP contribution in [0.15, 0.2) is 24.3 Å². The van der Waals surface area contributed by atoms with Crippen LogP contribution in [0.25, 0.3) is 0 Å². The van der Waals surface area contributed by atoms with Gasteiger partial charge in [-0.3, -0.25) is 4.79 Å². The number of phenols is 1. The lowest BCUT2D eigenvalue weighted by Gasteiger charge is -2.12. The third kappa shape index (κ3) is 9.79. The number of carboxylic acid groups (broad SMARTS) is 1. The maximum absolute atomic E-state index is 11.5. The molecule has 0 unspecified atom stereocenters.